The summed E-state index contributed by atoms with van der Waals surface area (Å²) < 4.78 is 33.8. The highest BCUT2D eigenvalue weighted by Crippen LogP contribution is 2.47. The molecule has 13 heteroatoms. The van der Waals surface area contributed by atoms with E-state index < -0.39 is 63.1 Å². The van der Waals surface area contributed by atoms with E-state index in [4.69, 9.17) is 18.5 Å². The number of allylic oxidation sites excluding steroid dienone is 4. The van der Waals surface area contributed by atoms with Gasteiger partial charge in [-0.25, -0.2) is 4.57 Å². The summed E-state index contributed by atoms with van der Waals surface area (Å²) in [6.45, 7) is 4.10. The predicted octanol–water partition coefficient (Wildman–Crippen LogP) is 5.80. The Hall–Kier alpha value is -1.18. The molecule has 0 spiro atoms. The molecule has 1 aliphatic rings. The summed E-state index contributed by atoms with van der Waals surface area (Å²) in [4.78, 5) is 22.9. The van der Waals surface area contributed by atoms with Crippen molar-refractivity contribution >= 4 is 13.8 Å². The fraction of sp³-hybridized carbons (Fsp3) is 0.861. The Bertz CT molecular complexity index is 916. The minimum atomic E-state index is -5.00. The van der Waals surface area contributed by atoms with Crippen molar-refractivity contribution in [3.8, 4) is 0 Å². The van der Waals surface area contributed by atoms with Gasteiger partial charge in [0.25, 0.3) is 0 Å². The van der Waals surface area contributed by atoms with Crippen LogP contribution in [0.4, 0.5) is 0 Å². The van der Waals surface area contributed by atoms with E-state index in [1.807, 2.05) is 0 Å². The van der Waals surface area contributed by atoms with Gasteiger partial charge in [0.05, 0.1) is 13.2 Å². The molecule has 6 atom stereocenters. The van der Waals surface area contributed by atoms with Gasteiger partial charge in [0.1, 0.15) is 42.7 Å². The largest absolute Gasteiger partial charge is 0.472 e. The van der Waals surface area contributed by atoms with Gasteiger partial charge in [0.2, 0.25) is 0 Å². The summed E-state index contributed by atoms with van der Waals surface area (Å²) in [6, 6.07) is 0. The van der Waals surface area contributed by atoms with Gasteiger partial charge in [-0.2, -0.15) is 0 Å². The van der Waals surface area contributed by atoms with Crippen LogP contribution in [0, 0.1) is 0 Å². The van der Waals surface area contributed by atoms with Gasteiger partial charge in [-0.15, -0.1) is 0 Å². The summed E-state index contributed by atoms with van der Waals surface area (Å²) in [7, 11) is -5.00. The van der Waals surface area contributed by atoms with Gasteiger partial charge in [0.15, 0.2) is 0 Å². The van der Waals surface area contributed by atoms with Crippen LogP contribution in [0.3, 0.4) is 0 Å². The molecule has 0 bridgehead atoms. The van der Waals surface area contributed by atoms with E-state index in [2.05, 4.69) is 38.2 Å². The van der Waals surface area contributed by atoms with E-state index in [-0.39, 0.29) is 13.0 Å². The normalized spacial score (nSPS) is 24.8. The molecule has 1 fully saturated rings. The molecule has 0 aromatic rings. The number of carbonyl (C=O) groups excluding carboxylic acids is 1. The van der Waals surface area contributed by atoms with E-state index >= 15 is 0 Å². The van der Waals surface area contributed by atoms with Crippen LogP contribution in [-0.2, 0) is 27.9 Å². The van der Waals surface area contributed by atoms with E-state index in [1.165, 1.54) is 38.5 Å². The molecule has 1 rings (SSSR count). The van der Waals surface area contributed by atoms with Crippen molar-refractivity contribution in [3.05, 3.63) is 24.3 Å². The molecule has 12 nitrogen and oxygen atoms in total. The number of phosphoric acid groups is 1. The molecule has 0 radical (unpaired) electrons. The van der Waals surface area contributed by atoms with Crippen LogP contribution in [-0.4, -0.2) is 98.9 Å². The van der Waals surface area contributed by atoms with Crippen LogP contribution in [0.25, 0.3) is 0 Å². The molecule has 0 aromatic heterocycles. The first-order valence-corrected chi connectivity index (χ1v) is 20.2. The molecule has 6 unspecified atom stereocenters. The number of aliphatic hydroxyl groups excluding tert-OH is 5. The summed E-state index contributed by atoms with van der Waals surface area (Å²) in [5, 5.41) is 49.8. The maximum Gasteiger partial charge on any atom is 0.472 e. The Morgan fingerprint density at radius 3 is 1.80 bits per heavy atom. The number of rotatable bonds is 30. The van der Waals surface area contributed by atoms with Crippen LogP contribution < -0.4 is 0 Å². The van der Waals surface area contributed by atoms with Crippen molar-refractivity contribution < 1.29 is 58.3 Å². The van der Waals surface area contributed by atoms with E-state index in [9.17, 15) is 39.8 Å². The van der Waals surface area contributed by atoms with Crippen LogP contribution in [0.15, 0.2) is 24.3 Å². The van der Waals surface area contributed by atoms with Crippen LogP contribution >= 0.6 is 7.82 Å². The zero-order valence-corrected chi connectivity index (χ0v) is 30.9. The van der Waals surface area contributed by atoms with Gasteiger partial charge in [0, 0.05) is 13.0 Å². The van der Waals surface area contributed by atoms with Crippen molar-refractivity contribution in [2.75, 3.05) is 19.8 Å². The molecule has 0 heterocycles. The number of phosphoric ester groups is 1. The third-order valence-corrected chi connectivity index (χ3v) is 9.54. The molecular formula is C36H67O12P. The Morgan fingerprint density at radius 2 is 1.18 bits per heavy atom. The third kappa shape index (κ3) is 21.7. The summed E-state index contributed by atoms with van der Waals surface area (Å²) >= 11 is 0. The van der Waals surface area contributed by atoms with Crippen LogP contribution in [0.1, 0.15) is 136 Å². The van der Waals surface area contributed by atoms with Crippen molar-refractivity contribution in [2.24, 2.45) is 0 Å². The van der Waals surface area contributed by atoms with Gasteiger partial charge < -0.3 is 39.9 Å². The molecule has 0 saturated heterocycles. The Kier molecular flexibility index (Phi) is 26.6. The van der Waals surface area contributed by atoms with Gasteiger partial charge in [-0.1, -0.05) is 115 Å². The number of ether oxygens (including phenoxy) is 2. The maximum atomic E-state index is 12.7. The molecule has 6 N–H and O–H groups in total. The third-order valence-electron chi connectivity index (χ3n) is 8.56. The minimum absolute atomic E-state index is 0.0819. The fourth-order valence-electron chi connectivity index (χ4n) is 5.51. The van der Waals surface area contributed by atoms with Gasteiger partial charge in [-0.05, 0) is 38.5 Å². The first kappa shape index (κ1) is 45.8. The van der Waals surface area contributed by atoms with Crippen LogP contribution in [0.5, 0.6) is 0 Å². The lowest BCUT2D eigenvalue weighted by molar-refractivity contribution is -0.220. The molecular weight excluding hydrogens is 655 g/mol. The highest BCUT2D eigenvalue weighted by atomic mass is 31.2. The Balaban J connectivity index is 2.48. The standard InChI is InChI=1S/C36H67O12P/c1-3-5-7-9-11-13-14-15-16-17-18-20-22-24-26-45-27-29(47-30(37)25-23-21-19-12-10-8-6-4-2)28-46-49(43,44)48-36-34(41)32(39)31(38)33(40)35(36)42/h7,9,13-14,29,31-36,38-42H,3-6,8,10-12,15-28H2,1-2H3,(H,43,44)/b9-7-,14-13-. The second kappa shape index (κ2) is 28.4. The SMILES string of the molecule is CCC/C=C\C/C=C\CCCCCCCCOCC(COP(=O)(O)OC1C(O)C(O)C(O)C(O)C1O)OC(=O)CCCCCCCCCC. The van der Waals surface area contributed by atoms with Gasteiger partial charge in [-0.3, -0.25) is 13.8 Å². The number of carbonyl (C=O) groups is 1. The molecule has 0 aromatic carbocycles. The number of esters is 1. The lowest BCUT2D eigenvalue weighted by Crippen LogP contribution is -2.64. The molecule has 1 aliphatic carbocycles. The van der Waals surface area contributed by atoms with Gasteiger partial charge >= 0.3 is 13.8 Å². The number of aliphatic hydroxyl groups is 5. The van der Waals surface area contributed by atoms with Crippen molar-refractivity contribution in [1.29, 1.82) is 0 Å². The van der Waals surface area contributed by atoms with Crippen molar-refractivity contribution in [1.82, 2.24) is 0 Å². The first-order chi connectivity index (χ1) is 23.5. The smallest absolute Gasteiger partial charge is 0.457 e. The lowest BCUT2D eigenvalue weighted by Gasteiger charge is -2.41. The monoisotopic (exact) mass is 722 g/mol. The van der Waals surface area contributed by atoms with Crippen molar-refractivity contribution in [3.63, 3.8) is 0 Å². The van der Waals surface area contributed by atoms with Crippen LogP contribution in [0.2, 0.25) is 0 Å². The number of hydrogen-bond acceptors (Lipinski definition) is 11. The van der Waals surface area contributed by atoms with E-state index in [0.29, 0.717) is 13.0 Å². The molecule has 0 amide bonds. The number of hydrogen-bond donors (Lipinski definition) is 6. The molecule has 49 heavy (non-hydrogen) atoms. The Morgan fingerprint density at radius 1 is 0.653 bits per heavy atom. The lowest BCUT2D eigenvalue weighted by atomic mass is 9.85. The highest BCUT2D eigenvalue weighted by molar-refractivity contribution is 7.47. The molecule has 288 valence electrons. The summed E-state index contributed by atoms with van der Waals surface area (Å²) in [6.07, 6.45) is 15.6. The average molecular weight is 723 g/mol. The highest BCUT2D eigenvalue weighted by Gasteiger charge is 2.51. The first-order valence-electron chi connectivity index (χ1n) is 18.7. The average Bonchev–Trinajstić information content (AvgIpc) is 3.08. The molecule has 0 aliphatic heterocycles. The topological polar surface area (TPSA) is 192 Å². The fourth-order valence-corrected chi connectivity index (χ4v) is 6.48. The summed E-state index contributed by atoms with van der Waals surface area (Å²) in [5.74, 6) is -0.488. The molecule has 1 saturated carbocycles. The minimum Gasteiger partial charge on any atom is -0.457 e. The van der Waals surface area contributed by atoms with E-state index in [0.717, 1.165) is 70.6 Å². The van der Waals surface area contributed by atoms with E-state index in [1.54, 1.807) is 0 Å². The summed E-state index contributed by atoms with van der Waals surface area (Å²) in [5.41, 5.74) is 0. The zero-order chi connectivity index (χ0) is 36.3. The predicted molar refractivity (Wildman–Crippen MR) is 189 cm³/mol. The van der Waals surface area contributed by atoms with Crippen molar-refractivity contribution in [2.45, 2.75) is 179 Å². The number of unbranched alkanes of at least 4 members (excludes halogenated alkanes) is 14. The second-order valence-corrected chi connectivity index (χ2v) is 14.5. The quantitative estimate of drug-likeness (QED) is 0.0226. The Labute approximate surface area is 294 Å². The zero-order valence-electron chi connectivity index (χ0n) is 30.0. The maximum absolute atomic E-state index is 12.7. The second-order valence-electron chi connectivity index (χ2n) is 13.1.